The lowest BCUT2D eigenvalue weighted by Crippen LogP contribution is -2.43. The van der Waals surface area contributed by atoms with Crippen LogP contribution in [0.3, 0.4) is 0 Å². The average Bonchev–Trinajstić information content (AvgIpc) is 2.38. The number of nitrogens with one attached hydrogen (secondary N) is 1. The van der Waals surface area contributed by atoms with Crippen LogP contribution in [0.5, 0.6) is 5.75 Å². The first-order valence-electron chi connectivity index (χ1n) is 6.99. The Kier molecular flexibility index (Phi) is 3.88. The minimum absolute atomic E-state index is 0.000190. The van der Waals surface area contributed by atoms with E-state index in [1.54, 1.807) is 7.11 Å². The van der Waals surface area contributed by atoms with E-state index in [-0.39, 0.29) is 5.41 Å². The highest BCUT2D eigenvalue weighted by atomic mass is 16.5. The predicted octanol–water partition coefficient (Wildman–Crippen LogP) is 2.56. The molecule has 1 saturated heterocycles. The van der Waals surface area contributed by atoms with Crippen molar-refractivity contribution in [3.8, 4) is 5.75 Å². The molecule has 0 saturated carbocycles. The van der Waals surface area contributed by atoms with E-state index in [0.717, 1.165) is 36.3 Å². The third-order valence-electron chi connectivity index (χ3n) is 3.91. The lowest BCUT2D eigenvalue weighted by Gasteiger charge is -2.34. The summed E-state index contributed by atoms with van der Waals surface area (Å²) in [5, 5.41) is 14.1. The van der Waals surface area contributed by atoms with Crippen LogP contribution in [0.25, 0.3) is 0 Å². The van der Waals surface area contributed by atoms with Crippen LogP contribution in [0.1, 0.15) is 44.7 Å². The standard InChI is InChI=1S/C16H25NO2/c1-15(2,3)13-10-12(6-7-14(13)19-4)16(18)8-5-9-17-11-16/h6-7,10,17-18H,5,8-9,11H2,1-4H3. The van der Waals surface area contributed by atoms with Crippen LogP contribution < -0.4 is 10.1 Å². The minimum atomic E-state index is -0.746. The molecule has 3 heteroatoms. The molecule has 0 aromatic heterocycles. The fraction of sp³-hybridized carbons (Fsp3) is 0.625. The van der Waals surface area contributed by atoms with Crippen LogP contribution in [0.4, 0.5) is 0 Å². The van der Waals surface area contributed by atoms with Gasteiger partial charge < -0.3 is 15.2 Å². The van der Waals surface area contributed by atoms with Gasteiger partial charge in [-0.25, -0.2) is 0 Å². The molecule has 1 unspecified atom stereocenters. The third-order valence-corrected chi connectivity index (χ3v) is 3.91. The maximum atomic E-state index is 10.8. The van der Waals surface area contributed by atoms with E-state index in [0.29, 0.717) is 6.54 Å². The summed E-state index contributed by atoms with van der Waals surface area (Å²) in [6.45, 7) is 8.11. The van der Waals surface area contributed by atoms with E-state index in [4.69, 9.17) is 4.74 Å². The molecule has 106 valence electrons. The molecule has 0 spiro atoms. The highest BCUT2D eigenvalue weighted by Crippen LogP contribution is 2.36. The van der Waals surface area contributed by atoms with Gasteiger partial charge in [-0.3, -0.25) is 0 Å². The Morgan fingerprint density at radius 2 is 2.05 bits per heavy atom. The Morgan fingerprint density at radius 3 is 2.58 bits per heavy atom. The van der Waals surface area contributed by atoms with Crippen LogP contribution in [0.15, 0.2) is 18.2 Å². The molecule has 0 bridgehead atoms. The molecule has 1 aromatic carbocycles. The van der Waals surface area contributed by atoms with Crippen molar-refractivity contribution in [2.24, 2.45) is 0 Å². The Labute approximate surface area is 116 Å². The molecule has 1 heterocycles. The van der Waals surface area contributed by atoms with Crippen LogP contribution >= 0.6 is 0 Å². The van der Waals surface area contributed by atoms with Crippen molar-refractivity contribution < 1.29 is 9.84 Å². The van der Waals surface area contributed by atoms with Crippen molar-refractivity contribution in [3.05, 3.63) is 29.3 Å². The monoisotopic (exact) mass is 263 g/mol. The van der Waals surface area contributed by atoms with Crippen LogP contribution in [0, 0.1) is 0 Å². The van der Waals surface area contributed by atoms with Crippen LogP contribution in [-0.2, 0) is 11.0 Å². The topological polar surface area (TPSA) is 41.5 Å². The zero-order valence-electron chi connectivity index (χ0n) is 12.4. The van der Waals surface area contributed by atoms with Crippen molar-refractivity contribution in [2.45, 2.75) is 44.6 Å². The first-order chi connectivity index (χ1) is 8.87. The largest absolute Gasteiger partial charge is 0.496 e. The number of ether oxygens (including phenoxy) is 1. The minimum Gasteiger partial charge on any atom is -0.496 e. The average molecular weight is 263 g/mol. The summed E-state index contributed by atoms with van der Waals surface area (Å²) < 4.78 is 5.45. The molecule has 1 atom stereocenters. The Bertz CT molecular complexity index is 443. The predicted molar refractivity (Wildman–Crippen MR) is 77.7 cm³/mol. The van der Waals surface area contributed by atoms with Gasteiger partial charge in [-0.1, -0.05) is 26.8 Å². The zero-order valence-corrected chi connectivity index (χ0v) is 12.4. The molecule has 19 heavy (non-hydrogen) atoms. The summed E-state index contributed by atoms with van der Waals surface area (Å²) in [5.74, 6) is 0.892. The number of hydrogen-bond donors (Lipinski definition) is 2. The summed E-state index contributed by atoms with van der Waals surface area (Å²) in [5.41, 5.74) is 1.39. The summed E-state index contributed by atoms with van der Waals surface area (Å²) in [6, 6.07) is 6.06. The molecule has 1 aromatic rings. The summed E-state index contributed by atoms with van der Waals surface area (Å²) in [4.78, 5) is 0. The first-order valence-corrected chi connectivity index (χ1v) is 6.99. The lowest BCUT2D eigenvalue weighted by molar-refractivity contribution is 0.0121. The fourth-order valence-corrected chi connectivity index (χ4v) is 2.72. The van der Waals surface area contributed by atoms with Gasteiger partial charge in [0, 0.05) is 6.54 Å². The van der Waals surface area contributed by atoms with Gasteiger partial charge >= 0.3 is 0 Å². The first kappa shape index (κ1) is 14.4. The maximum absolute atomic E-state index is 10.8. The smallest absolute Gasteiger partial charge is 0.122 e. The summed E-state index contributed by atoms with van der Waals surface area (Å²) in [7, 11) is 1.70. The van der Waals surface area contributed by atoms with Crippen molar-refractivity contribution in [2.75, 3.05) is 20.2 Å². The van der Waals surface area contributed by atoms with Crippen molar-refractivity contribution in [1.82, 2.24) is 5.32 Å². The summed E-state index contributed by atoms with van der Waals surface area (Å²) in [6.07, 6.45) is 1.82. The van der Waals surface area contributed by atoms with Gasteiger partial charge in [-0.2, -0.15) is 0 Å². The molecule has 0 amide bonds. The highest BCUT2D eigenvalue weighted by molar-refractivity contribution is 5.43. The zero-order chi connectivity index (χ0) is 14.1. The lowest BCUT2D eigenvalue weighted by atomic mass is 9.80. The second-order valence-corrected chi connectivity index (χ2v) is 6.48. The van der Waals surface area contributed by atoms with Gasteiger partial charge in [0.05, 0.1) is 7.11 Å². The third kappa shape index (κ3) is 2.93. The second-order valence-electron chi connectivity index (χ2n) is 6.48. The van der Waals surface area contributed by atoms with E-state index in [9.17, 15) is 5.11 Å². The molecule has 2 rings (SSSR count). The number of hydrogen-bond acceptors (Lipinski definition) is 3. The number of β-amino-alcohol motifs (C(OH)–C–C–N with tert-alkyl or cyclic N) is 1. The highest BCUT2D eigenvalue weighted by Gasteiger charge is 2.32. The van der Waals surface area contributed by atoms with Gasteiger partial charge in [0.25, 0.3) is 0 Å². The Balaban J connectivity index is 2.43. The Morgan fingerprint density at radius 1 is 1.32 bits per heavy atom. The van der Waals surface area contributed by atoms with Gasteiger partial charge in [0.15, 0.2) is 0 Å². The Hall–Kier alpha value is -1.06. The van der Waals surface area contributed by atoms with Gasteiger partial charge in [0.1, 0.15) is 11.4 Å². The number of rotatable bonds is 2. The van der Waals surface area contributed by atoms with E-state index < -0.39 is 5.60 Å². The molecule has 1 aliphatic heterocycles. The van der Waals surface area contributed by atoms with Gasteiger partial charge in [-0.15, -0.1) is 0 Å². The van der Waals surface area contributed by atoms with Gasteiger partial charge in [-0.05, 0) is 48.1 Å². The molecular weight excluding hydrogens is 238 g/mol. The van der Waals surface area contributed by atoms with E-state index in [2.05, 4.69) is 32.2 Å². The molecule has 0 radical (unpaired) electrons. The quantitative estimate of drug-likeness (QED) is 0.861. The van der Waals surface area contributed by atoms with E-state index in [1.165, 1.54) is 0 Å². The molecule has 0 aliphatic carbocycles. The number of aliphatic hydroxyl groups is 1. The van der Waals surface area contributed by atoms with Crippen molar-refractivity contribution in [1.29, 1.82) is 0 Å². The van der Waals surface area contributed by atoms with Crippen molar-refractivity contribution >= 4 is 0 Å². The van der Waals surface area contributed by atoms with Crippen LogP contribution in [0.2, 0.25) is 0 Å². The van der Waals surface area contributed by atoms with Crippen molar-refractivity contribution in [3.63, 3.8) is 0 Å². The normalized spacial score (nSPS) is 24.3. The summed E-state index contributed by atoms with van der Waals surface area (Å²) >= 11 is 0. The van der Waals surface area contributed by atoms with Crippen LogP contribution in [-0.4, -0.2) is 25.3 Å². The molecular formula is C16H25NO2. The number of methoxy groups -OCH3 is 1. The van der Waals surface area contributed by atoms with E-state index in [1.807, 2.05) is 12.1 Å². The molecule has 1 aliphatic rings. The van der Waals surface area contributed by atoms with Gasteiger partial charge in [0.2, 0.25) is 0 Å². The molecule has 1 fully saturated rings. The SMILES string of the molecule is COc1ccc(C2(O)CCCNC2)cc1C(C)(C)C. The molecule has 3 nitrogen and oxygen atoms in total. The number of piperidine rings is 1. The maximum Gasteiger partial charge on any atom is 0.122 e. The fourth-order valence-electron chi connectivity index (χ4n) is 2.72. The number of benzene rings is 1. The second kappa shape index (κ2) is 5.14. The van der Waals surface area contributed by atoms with E-state index >= 15 is 0 Å². The molecule has 2 N–H and O–H groups in total.